The Kier molecular flexibility index (Phi) is 2.21. The summed E-state index contributed by atoms with van der Waals surface area (Å²) in [5.41, 5.74) is 14.5. The van der Waals surface area contributed by atoms with Gasteiger partial charge in [-0.05, 0) is 6.92 Å². The Hall–Kier alpha value is -1.67. The van der Waals surface area contributed by atoms with Crippen molar-refractivity contribution < 1.29 is 9.58 Å². The van der Waals surface area contributed by atoms with Gasteiger partial charge in [-0.15, -0.1) is 0 Å². The number of rotatable bonds is 1. The predicted molar refractivity (Wildman–Crippen MR) is 44.2 cm³/mol. The topological polar surface area (TPSA) is 79.5 Å². The van der Waals surface area contributed by atoms with Gasteiger partial charge in [-0.1, -0.05) is 12.2 Å². The van der Waals surface area contributed by atoms with Gasteiger partial charge in [-0.25, -0.2) is 0 Å². The van der Waals surface area contributed by atoms with Crippen LogP contribution in [-0.2, 0) is 4.79 Å². The molecule has 2 N–H and O–H groups in total. The van der Waals surface area contributed by atoms with Crippen molar-refractivity contribution in [3.8, 4) is 0 Å². The van der Waals surface area contributed by atoms with Gasteiger partial charge >= 0.3 is 0 Å². The zero-order valence-corrected chi connectivity index (χ0v) is 6.69. The third-order valence-corrected chi connectivity index (χ3v) is 1.85. The van der Waals surface area contributed by atoms with Crippen LogP contribution in [0, 0.1) is 5.92 Å². The van der Waals surface area contributed by atoms with E-state index in [-0.39, 0.29) is 5.92 Å². The van der Waals surface area contributed by atoms with Crippen molar-refractivity contribution in [3.63, 3.8) is 0 Å². The first kappa shape index (κ1) is 8.43. The highest BCUT2D eigenvalue weighted by atomic mass is 16.1. The molecule has 12 heavy (non-hydrogen) atoms. The highest BCUT2D eigenvalue weighted by Gasteiger charge is 2.25. The highest BCUT2D eigenvalue weighted by Crippen LogP contribution is 2.15. The molecule has 0 bridgehead atoms. The number of hydrogen-bond acceptors (Lipinski definition) is 1. The third kappa shape index (κ3) is 1.33. The maximum absolute atomic E-state index is 10.8. The van der Waals surface area contributed by atoms with Crippen LogP contribution in [0.25, 0.3) is 5.53 Å². The second kappa shape index (κ2) is 3.15. The van der Waals surface area contributed by atoms with Gasteiger partial charge in [0.25, 0.3) is 5.71 Å². The molecule has 0 saturated carbocycles. The molecule has 62 valence electrons. The Labute approximate surface area is 70.0 Å². The summed E-state index contributed by atoms with van der Waals surface area (Å²) in [5.74, 6) is -0.703. The van der Waals surface area contributed by atoms with Crippen LogP contribution in [0.2, 0.25) is 0 Å². The fourth-order valence-electron chi connectivity index (χ4n) is 1.11. The van der Waals surface area contributed by atoms with Gasteiger partial charge in [0, 0.05) is 11.6 Å². The summed E-state index contributed by atoms with van der Waals surface area (Å²) in [6.07, 6.45) is 4.90. The van der Waals surface area contributed by atoms with E-state index < -0.39 is 5.91 Å². The Bertz CT molecular complexity index is 321. The van der Waals surface area contributed by atoms with E-state index in [0.717, 1.165) is 0 Å². The molecular weight excluding hydrogens is 154 g/mol. The van der Waals surface area contributed by atoms with E-state index in [1.165, 1.54) is 0 Å². The van der Waals surface area contributed by atoms with Gasteiger partial charge in [0.1, 0.15) is 0 Å². The van der Waals surface area contributed by atoms with Crippen molar-refractivity contribution in [2.24, 2.45) is 11.7 Å². The van der Waals surface area contributed by atoms with Crippen LogP contribution in [0.5, 0.6) is 0 Å². The fraction of sp³-hybridized carbons (Fsp3) is 0.250. The van der Waals surface area contributed by atoms with E-state index in [4.69, 9.17) is 11.3 Å². The first-order chi connectivity index (χ1) is 5.66. The van der Waals surface area contributed by atoms with E-state index >= 15 is 0 Å². The van der Waals surface area contributed by atoms with Crippen LogP contribution in [0.3, 0.4) is 0 Å². The Morgan fingerprint density at radius 3 is 2.92 bits per heavy atom. The lowest BCUT2D eigenvalue weighted by Crippen LogP contribution is -2.25. The molecule has 1 unspecified atom stereocenters. The first-order valence-electron chi connectivity index (χ1n) is 3.57. The molecule has 1 atom stereocenters. The molecule has 0 aromatic heterocycles. The largest absolute Gasteiger partial charge is 0.366 e. The molecule has 1 aliphatic rings. The molecule has 0 heterocycles. The molecule has 0 spiro atoms. The molecule has 0 radical (unpaired) electrons. The molecule has 0 aliphatic heterocycles. The molecule has 0 aromatic carbocycles. The van der Waals surface area contributed by atoms with E-state index in [9.17, 15) is 4.79 Å². The van der Waals surface area contributed by atoms with Gasteiger partial charge in [0.2, 0.25) is 5.91 Å². The summed E-state index contributed by atoms with van der Waals surface area (Å²) in [5, 5.41) is 0. The van der Waals surface area contributed by atoms with E-state index in [2.05, 4.69) is 4.79 Å². The number of hydrogen-bond donors (Lipinski definition) is 1. The van der Waals surface area contributed by atoms with Crippen LogP contribution in [0.1, 0.15) is 6.92 Å². The smallest absolute Gasteiger partial charge is 0.299 e. The minimum atomic E-state index is -0.479. The molecular formula is C8H9N3O. The molecule has 1 amide bonds. The van der Waals surface area contributed by atoms with Crippen LogP contribution in [-0.4, -0.2) is 16.4 Å². The normalized spacial score (nSPS) is 21.6. The van der Waals surface area contributed by atoms with Crippen LogP contribution in [0.4, 0.5) is 0 Å². The summed E-state index contributed by atoms with van der Waals surface area (Å²) in [6.45, 7) is 1.76. The fourth-order valence-corrected chi connectivity index (χ4v) is 1.11. The number of carbonyl (C=O) groups excluding carboxylic acids is 1. The van der Waals surface area contributed by atoms with Gasteiger partial charge in [-0.3, -0.25) is 4.79 Å². The maximum Gasteiger partial charge on any atom is 0.299 e. The number of carbonyl (C=O) groups is 1. The average Bonchev–Trinajstić information content (AvgIpc) is 2.04. The minimum absolute atomic E-state index is 0.225. The molecule has 1 aliphatic carbocycles. The molecule has 0 fully saturated rings. The summed E-state index contributed by atoms with van der Waals surface area (Å²) < 4.78 is 0. The first-order valence-corrected chi connectivity index (χ1v) is 3.57. The third-order valence-electron chi connectivity index (χ3n) is 1.85. The average molecular weight is 163 g/mol. The number of nitrogens with two attached hydrogens (primary N) is 1. The number of primary amides is 1. The van der Waals surface area contributed by atoms with E-state index in [1.807, 2.05) is 0 Å². The minimum Gasteiger partial charge on any atom is -0.366 e. The van der Waals surface area contributed by atoms with Gasteiger partial charge in [0.05, 0.1) is 5.92 Å². The maximum atomic E-state index is 10.8. The zero-order chi connectivity index (χ0) is 9.14. The highest BCUT2D eigenvalue weighted by molar-refractivity contribution is 6.05. The van der Waals surface area contributed by atoms with Crippen molar-refractivity contribution in [2.45, 2.75) is 6.92 Å². The quantitative estimate of drug-likeness (QED) is 0.437. The molecule has 0 aromatic rings. The van der Waals surface area contributed by atoms with Gasteiger partial charge < -0.3 is 11.3 Å². The van der Waals surface area contributed by atoms with Crippen molar-refractivity contribution in [1.29, 1.82) is 0 Å². The molecule has 1 rings (SSSR count). The van der Waals surface area contributed by atoms with Gasteiger partial charge in [-0.2, -0.15) is 4.79 Å². The van der Waals surface area contributed by atoms with Gasteiger partial charge in [0.15, 0.2) is 0 Å². The summed E-state index contributed by atoms with van der Waals surface area (Å²) in [6, 6.07) is 0. The number of amides is 1. The predicted octanol–water partition coefficient (Wildman–Crippen LogP) is 0.275. The molecule has 4 nitrogen and oxygen atoms in total. The molecule has 0 saturated heterocycles. The second-order valence-corrected chi connectivity index (χ2v) is 2.59. The van der Waals surface area contributed by atoms with Crippen molar-refractivity contribution in [2.75, 3.05) is 0 Å². The Morgan fingerprint density at radius 2 is 2.42 bits per heavy atom. The van der Waals surface area contributed by atoms with Crippen molar-refractivity contribution in [1.82, 2.24) is 0 Å². The summed E-state index contributed by atoms with van der Waals surface area (Å²) >= 11 is 0. The molecule has 4 heteroatoms. The standard InChI is InChI=1S/C8H9N3O/c1-5-6(8(9)12)3-2-4-7(5)11-10/h2-5H,1H3,(H2,9,12). The number of nitrogens with zero attached hydrogens (tertiary/aromatic N) is 2. The van der Waals surface area contributed by atoms with Crippen LogP contribution < -0.4 is 5.73 Å². The summed E-state index contributed by atoms with van der Waals surface area (Å²) in [4.78, 5) is 13.9. The SMILES string of the molecule is CC1C(C(N)=O)=CC=CC1=[N+]=[N-]. The monoisotopic (exact) mass is 163 g/mol. The van der Waals surface area contributed by atoms with E-state index in [1.54, 1.807) is 25.2 Å². The van der Waals surface area contributed by atoms with E-state index in [0.29, 0.717) is 11.3 Å². The van der Waals surface area contributed by atoms with Crippen LogP contribution >= 0.6 is 0 Å². The van der Waals surface area contributed by atoms with Crippen LogP contribution in [0.15, 0.2) is 23.8 Å². The Morgan fingerprint density at radius 1 is 1.75 bits per heavy atom. The summed E-state index contributed by atoms with van der Waals surface area (Å²) in [7, 11) is 0. The zero-order valence-electron chi connectivity index (χ0n) is 6.69. The van der Waals surface area contributed by atoms with Crippen molar-refractivity contribution >= 4 is 11.6 Å². The second-order valence-electron chi connectivity index (χ2n) is 2.59. The number of allylic oxidation sites excluding steroid dienone is 3. The lowest BCUT2D eigenvalue weighted by Gasteiger charge is -2.08. The Balaban J connectivity index is 3.06. The lowest BCUT2D eigenvalue weighted by atomic mass is 9.91. The van der Waals surface area contributed by atoms with Crippen molar-refractivity contribution in [3.05, 3.63) is 29.3 Å². The lowest BCUT2D eigenvalue weighted by molar-refractivity contribution is -0.115.